The van der Waals surface area contributed by atoms with Crippen molar-refractivity contribution in [3.05, 3.63) is 63.6 Å². The molecule has 0 atom stereocenters. The van der Waals surface area contributed by atoms with Crippen molar-refractivity contribution < 1.29 is 9.53 Å². The molecule has 0 bridgehead atoms. The number of hydrogen-bond acceptors (Lipinski definition) is 3. The Morgan fingerprint density at radius 1 is 1.30 bits per heavy atom. The number of amides is 1. The van der Waals surface area contributed by atoms with E-state index in [9.17, 15) is 4.79 Å². The first-order valence-corrected chi connectivity index (χ1v) is 7.32. The van der Waals surface area contributed by atoms with Gasteiger partial charge < -0.3 is 10.1 Å². The van der Waals surface area contributed by atoms with Crippen molar-refractivity contribution in [3.8, 4) is 11.8 Å². The van der Waals surface area contributed by atoms with Crippen LogP contribution in [0.15, 0.2) is 42.5 Å². The second-order valence-electron chi connectivity index (χ2n) is 4.49. The highest BCUT2D eigenvalue weighted by molar-refractivity contribution is 6.36. The average molecular weight is 347 g/mol. The molecule has 0 aliphatic heterocycles. The van der Waals surface area contributed by atoms with Gasteiger partial charge in [-0.3, -0.25) is 4.79 Å². The summed E-state index contributed by atoms with van der Waals surface area (Å²) in [4.78, 5) is 12.0. The number of anilines is 1. The molecule has 0 aliphatic rings. The van der Waals surface area contributed by atoms with Crippen LogP contribution in [0.25, 0.3) is 6.08 Å². The quantitative estimate of drug-likeness (QED) is 0.827. The lowest BCUT2D eigenvalue weighted by Gasteiger charge is -2.08. The zero-order valence-electron chi connectivity index (χ0n) is 12.1. The maximum atomic E-state index is 12.0. The molecule has 1 N–H and O–H groups in total. The second kappa shape index (κ2) is 7.68. The van der Waals surface area contributed by atoms with E-state index < -0.39 is 0 Å². The Morgan fingerprint density at radius 2 is 2.04 bits per heavy atom. The third-order valence-electron chi connectivity index (χ3n) is 2.96. The minimum Gasteiger partial charge on any atom is -0.495 e. The van der Waals surface area contributed by atoms with Gasteiger partial charge >= 0.3 is 0 Å². The molecule has 2 aromatic rings. The normalized spacial score (nSPS) is 10.3. The Morgan fingerprint density at radius 3 is 2.74 bits per heavy atom. The lowest BCUT2D eigenvalue weighted by Crippen LogP contribution is -2.09. The van der Waals surface area contributed by atoms with Gasteiger partial charge in [-0.25, -0.2) is 0 Å². The van der Waals surface area contributed by atoms with Gasteiger partial charge in [0.2, 0.25) is 5.91 Å². The first-order chi connectivity index (χ1) is 11.0. The molecule has 2 rings (SSSR count). The van der Waals surface area contributed by atoms with Crippen LogP contribution in [0.2, 0.25) is 10.0 Å². The van der Waals surface area contributed by atoms with Crippen LogP contribution < -0.4 is 10.1 Å². The molecule has 2 aromatic carbocycles. The molecule has 1 amide bonds. The van der Waals surface area contributed by atoms with E-state index >= 15 is 0 Å². The van der Waals surface area contributed by atoms with E-state index in [-0.39, 0.29) is 5.91 Å². The Labute approximate surface area is 143 Å². The Kier molecular flexibility index (Phi) is 5.64. The number of carbonyl (C=O) groups excluding carboxylic acids is 1. The number of rotatable bonds is 4. The van der Waals surface area contributed by atoms with Crippen LogP contribution in [-0.2, 0) is 4.79 Å². The highest BCUT2D eigenvalue weighted by Crippen LogP contribution is 2.32. The van der Waals surface area contributed by atoms with Gasteiger partial charge in [-0.15, -0.1) is 0 Å². The largest absolute Gasteiger partial charge is 0.495 e. The summed E-state index contributed by atoms with van der Waals surface area (Å²) in [5.41, 5.74) is 1.41. The molecular weight excluding hydrogens is 335 g/mol. The monoisotopic (exact) mass is 346 g/mol. The lowest BCUT2D eigenvalue weighted by atomic mass is 10.1. The van der Waals surface area contributed by atoms with Gasteiger partial charge in [-0.2, -0.15) is 5.26 Å². The number of ether oxygens (including phenoxy) is 1. The molecule has 23 heavy (non-hydrogen) atoms. The Hall–Kier alpha value is -2.48. The average Bonchev–Trinajstić information content (AvgIpc) is 2.53. The number of methoxy groups -OCH3 is 1. The summed E-state index contributed by atoms with van der Waals surface area (Å²) in [6.07, 6.45) is 2.86. The number of nitriles is 1. The molecule has 4 nitrogen and oxygen atoms in total. The maximum Gasteiger partial charge on any atom is 0.248 e. The predicted octanol–water partition coefficient (Wildman–Crippen LogP) is 4.53. The van der Waals surface area contributed by atoms with Crippen molar-refractivity contribution in [1.29, 1.82) is 5.26 Å². The molecule has 0 aromatic heterocycles. The number of carbonyl (C=O) groups is 1. The summed E-state index contributed by atoms with van der Waals surface area (Å²) >= 11 is 12.0. The number of hydrogen-bond donors (Lipinski definition) is 1. The first-order valence-electron chi connectivity index (χ1n) is 6.56. The zero-order chi connectivity index (χ0) is 16.8. The van der Waals surface area contributed by atoms with Crippen LogP contribution >= 0.6 is 23.2 Å². The van der Waals surface area contributed by atoms with Crippen molar-refractivity contribution in [3.63, 3.8) is 0 Å². The van der Waals surface area contributed by atoms with E-state index in [2.05, 4.69) is 5.32 Å². The maximum absolute atomic E-state index is 12.0. The van der Waals surface area contributed by atoms with Gasteiger partial charge in [-0.05, 0) is 30.3 Å². The third-order valence-corrected chi connectivity index (χ3v) is 3.46. The SMILES string of the molecule is COc1c(Cl)cc(Cl)cc1/C=C/C(=O)Nc1ccccc1C#N. The molecule has 116 valence electrons. The predicted molar refractivity (Wildman–Crippen MR) is 91.8 cm³/mol. The molecule has 0 saturated carbocycles. The highest BCUT2D eigenvalue weighted by Gasteiger charge is 2.08. The summed E-state index contributed by atoms with van der Waals surface area (Å²) in [7, 11) is 1.48. The van der Waals surface area contributed by atoms with Crippen LogP contribution in [0.3, 0.4) is 0 Å². The van der Waals surface area contributed by atoms with Crippen LogP contribution in [0.4, 0.5) is 5.69 Å². The van der Waals surface area contributed by atoms with E-state index in [1.54, 1.807) is 42.5 Å². The van der Waals surface area contributed by atoms with Gasteiger partial charge in [0.05, 0.1) is 23.4 Å². The fourth-order valence-electron chi connectivity index (χ4n) is 1.95. The van der Waals surface area contributed by atoms with E-state index in [0.717, 1.165) is 0 Å². The third kappa shape index (κ3) is 4.26. The van der Waals surface area contributed by atoms with E-state index in [4.69, 9.17) is 33.2 Å². The molecule has 0 aliphatic carbocycles. The summed E-state index contributed by atoms with van der Waals surface area (Å²) in [5, 5.41) is 12.4. The van der Waals surface area contributed by atoms with Gasteiger partial charge in [0, 0.05) is 16.7 Å². The van der Waals surface area contributed by atoms with Crippen molar-refractivity contribution in [2.45, 2.75) is 0 Å². The molecule has 0 unspecified atom stereocenters. The van der Waals surface area contributed by atoms with E-state index in [0.29, 0.717) is 32.6 Å². The molecule has 0 saturated heterocycles. The minimum absolute atomic E-state index is 0.356. The minimum atomic E-state index is -0.383. The lowest BCUT2D eigenvalue weighted by molar-refractivity contribution is -0.111. The van der Waals surface area contributed by atoms with Crippen molar-refractivity contribution in [1.82, 2.24) is 0 Å². The number of para-hydroxylation sites is 1. The van der Waals surface area contributed by atoms with Crippen molar-refractivity contribution >= 4 is 40.9 Å². The number of halogens is 2. The van der Waals surface area contributed by atoms with Crippen molar-refractivity contribution in [2.75, 3.05) is 12.4 Å². The fraction of sp³-hybridized carbons (Fsp3) is 0.0588. The van der Waals surface area contributed by atoms with Crippen LogP contribution in [-0.4, -0.2) is 13.0 Å². The number of nitrogens with one attached hydrogen (secondary N) is 1. The number of nitrogens with zero attached hydrogens (tertiary/aromatic N) is 1. The standard InChI is InChI=1S/C17H12Cl2N2O2/c1-23-17-11(8-13(18)9-14(17)19)6-7-16(22)21-15-5-3-2-4-12(15)10-20/h2-9H,1H3,(H,21,22)/b7-6+. The van der Waals surface area contributed by atoms with Crippen molar-refractivity contribution in [2.24, 2.45) is 0 Å². The molecular formula is C17H12Cl2N2O2. The van der Waals surface area contributed by atoms with E-state index in [1.807, 2.05) is 6.07 Å². The van der Waals surface area contributed by atoms with E-state index in [1.165, 1.54) is 13.2 Å². The van der Waals surface area contributed by atoms with Gasteiger partial charge in [0.15, 0.2) is 0 Å². The topological polar surface area (TPSA) is 62.1 Å². The van der Waals surface area contributed by atoms with Crippen LogP contribution in [0, 0.1) is 11.3 Å². The smallest absolute Gasteiger partial charge is 0.248 e. The summed E-state index contributed by atoms with van der Waals surface area (Å²) < 4.78 is 5.20. The zero-order valence-corrected chi connectivity index (χ0v) is 13.7. The second-order valence-corrected chi connectivity index (χ2v) is 5.33. The Balaban J connectivity index is 2.21. The number of benzene rings is 2. The molecule has 0 radical (unpaired) electrons. The summed E-state index contributed by atoms with van der Waals surface area (Å²) in [5.74, 6) is 0.0448. The molecule has 0 fully saturated rings. The van der Waals surface area contributed by atoms with Gasteiger partial charge in [-0.1, -0.05) is 35.3 Å². The summed E-state index contributed by atoms with van der Waals surface area (Å²) in [6, 6.07) is 11.9. The van der Waals surface area contributed by atoms with Gasteiger partial charge in [0.25, 0.3) is 0 Å². The highest BCUT2D eigenvalue weighted by atomic mass is 35.5. The molecule has 6 heteroatoms. The Bertz CT molecular complexity index is 811. The molecule has 0 spiro atoms. The first kappa shape index (κ1) is 16.9. The molecule has 0 heterocycles. The van der Waals surface area contributed by atoms with Crippen LogP contribution in [0.1, 0.15) is 11.1 Å². The fourth-order valence-corrected chi connectivity index (χ4v) is 2.54. The van der Waals surface area contributed by atoms with Gasteiger partial charge in [0.1, 0.15) is 11.8 Å². The summed E-state index contributed by atoms with van der Waals surface area (Å²) in [6.45, 7) is 0. The van der Waals surface area contributed by atoms with Crippen LogP contribution in [0.5, 0.6) is 5.75 Å².